The molecule has 3 rings (SSSR count). The zero-order valence-electron chi connectivity index (χ0n) is 14.8. The van der Waals surface area contributed by atoms with E-state index in [1.54, 1.807) is 0 Å². The van der Waals surface area contributed by atoms with E-state index in [2.05, 4.69) is 53.6 Å². The molecule has 1 N–H and O–H groups in total. The summed E-state index contributed by atoms with van der Waals surface area (Å²) in [5, 5.41) is 11.1. The third-order valence-electron chi connectivity index (χ3n) is 3.57. The molecule has 0 atom stereocenters. The van der Waals surface area contributed by atoms with E-state index in [0.717, 1.165) is 11.1 Å². The molecule has 0 unspecified atom stereocenters. The summed E-state index contributed by atoms with van der Waals surface area (Å²) in [5.41, 5.74) is 2.02. The molecule has 0 spiro atoms. The summed E-state index contributed by atoms with van der Waals surface area (Å²) in [6.45, 7) is 4.34. The lowest BCUT2D eigenvalue weighted by Gasteiger charge is -2.05. The van der Waals surface area contributed by atoms with Gasteiger partial charge in [-0.1, -0.05) is 61.4 Å². The minimum Gasteiger partial charge on any atom is -0.407 e. The lowest BCUT2D eigenvalue weighted by molar-refractivity contribution is -0.115. The number of anilines is 1. The van der Waals surface area contributed by atoms with Gasteiger partial charge in [0.25, 0.3) is 0 Å². The van der Waals surface area contributed by atoms with Gasteiger partial charge in [0.1, 0.15) is 0 Å². The van der Waals surface area contributed by atoms with Gasteiger partial charge in [0, 0.05) is 10.1 Å². The van der Waals surface area contributed by atoms with Crippen molar-refractivity contribution in [1.82, 2.24) is 10.2 Å². The van der Waals surface area contributed by atoms with Gasteiger partial charge >= 0.3 is 6.01 Å². The summed E-state index contributed by atoms with van der Waals surface area (Å²) < 4.78 is 5.53. The largest absolute Gasteiger partial charge is 0.407 e. The van der Waals surface area contributed by atoms with Crippen molar-refractivity contribution in [2.24, 2.45) is 0 Å². The molecule has 3 aromatic rings. The van der Waals surface area contributed by atoms with E-state index in [0.29, 0.717) is 17.6 Å². The molecule has 1 aromatic heterocycles. The highest BCUT2D eigenvalue weighted by molar-refractivity contribution is 7.99. The Labute approximate surface area is 157 Å². The maximum atomic E-state index is 12.0. The molecule has 5 nitrogen and oxygen atoms in total. The average Bonchev–Trinajstić information content (AvgIpc) is 3.04. The molecule has 0 fully saturated rings. The van der Waals surface area contributed by atoms with Gasteiger partial charge in [-0.15, -0.1) is 16.9 Å². The van der Waals surface area contributed by atoms with Crippen LogP contribution in [0.25, 0.3) is 0 Å². The highest BCUT2D eigenvalue weighted by Gasteiger charge is 2.11. The van der Waals surface area contributed by atoms with Crippen LogP contribution in [0.15, 0.2) is 63.9 Å². The quantitative estimate of drug-likeness (QED) is 0.629. The smallest absolute Gasteiger partial charge is 0.322 e. The first-order valence-corrected chi connectivity index (χ1v) is 9.38. The Bertz CT molecular complexity index is 845. The molecule has 1 heterocycles. The van der Waals surface area contributed by atoms with Crippen LogP contribution < -0.4 is 5.32 Å². The third kappa shape index (κ3) is 5.46. The van der Waals surface area contributed by atoms with Crippen LogP contribution in [0, 0.1) is 0 Å². The number of nitrogens with zero attached hydrogens (tertiary/aromatic N) is 2. The average molecular weight is 367 g/mol. The SMILES string of the molecule is CC(C)Sc1ccc(Cc2nnc(NC(=O)Cc3ccccc3)o2)cc1. The van der Waals surface area contributed by atoms with Crippen LogP contribution in [-0.4, -0.2) is 21.4 Å². The highest BCUT2D eigenvalue weighted by Crippen LogP contribution is 2.23. The first-order valence-electron chi connectivity index (χ1n) is 8.50. The van der Waals surface area contributed by atoms with Gasteiger partial charge in [0.15, 0.2) is 0 Å². The van der Waals surface area contributed by atoms with Crippen molar-refractivity contribution in [3.63, 3.8) is 0 Å². The number of nitrogens with one attached hydrogen (secondary N) is 1. The lowest BCUT2D eigenvalue weighted by atomic mass is 10.1. The van der Waals surface area contributed by atoms with Crippen LogP contribution in [-0.2, 0) is 17.6 Å². The molecule has 0 aliphatic carbocycles. The van der Waals surface area contributed by atoms with Gasteiger partial charge in [0.2, 0.25) is 11.8 Å². The van der Waals surface area contributed by atoms with Gasteiger partial charge in [-0.05, 0) is 23.3 Å². The van der Waals surface area contributed by atoms with Crippen molar-refractivity contribution >= 4 is 23.7 Å². The molecule has 0 aliphatic rings. The van der Waals surface area contributed by atoms with E-state index in [4.69, 9.17) is 4.42 Å². The second-order valence-electron chi connectivity index (χ2n) is 6.20. The molecule has 0 aliphatic heterocycles. The van der Waals surface area contributed by atoms with Gasteiger partial charge in [-0.25, -0.2) is 0 Å². The molecule has 26 heavy (non-hydrogen) atoms. The standard InChI is InChI=1S/C20H21N3O2S/c1-14(2)26-17-10-8-16(9-11-17)13-19-22-23-20(25-19)21-18(24)12-15-6-4-3-5-7-15/h3-11,14H,12-13H2,1-2H3,(H,21,23,24). The maximum Gasteiger partial charge on any atom is 0.322 e. The van der Waals surface area contributed by atoms with E-state index in [1.807, 2.05) is 42.1 Å². The predicted octanol–water partition coefficient (Wildman–Crippen LogP) is 4.34. The Kier molecular flexibility index (Phi) is 6.07. The number of amides is 1. The minimum atomic E-state index is -0.179. The molecular formula is C20H21N3O2S. The first kappa shape index (κ1) is 18.2. The van der Waals surface area contributed by atoms with Crippen molar-refractivity contribution in [3.8, 4) is 0 Å². The van der Waals surface area contributed by atoms with Gasteiger partial charge in [-0.2, -0.15) is 0 Å². The van der Waals surface area contributed by atoms with Crippen LogP contribution in [0.1, 0.15) is 30.9 Å². The van der Waals surface area contributed by atoms with E-state index in [1.165, 1.54) is 4.90 Å². The van der Waals surface area contributed by atoms with Crippen LogP contribution >= 0.6 is 11.8 Å². The Balaban J connectivity index is 1.55. The fraction of sp³-hybridized carbons (Fsp3) is 0.250. The van der Waals surface area contributed by atoms with Gasteiger partial charge in [0.05, 0.1) is 12.8 Å². The van der Waals surface area contributed by atoms with Crippen molar-refractivity contribution < 1.29 is 9.21 Å². The predicted molar refractivity (Wildman–Crippen MR) is 103 cm³/mol. The first-order chi connectivity index (χ1) is 12.6. The number of hydrogen-bond acceptors (Lipinski definition) is 5. The fourth-order valence-electron chi connectivity index (χ4n) is 2.45. The van der Waals surface area contributed by atoms with Crippen molar-refractivity contribution in [2.45, 2.75) is 36.8 Å². The van der Waals surface area contributed by atoms with Crippen molar-refractivity contribution in [1.29, 1.82) is 0 Å². The summed E-state index contributed by atoms with van der Waals surface area (Å²) in [7, 11) is 0. The zero-order chi connectivity index (χ0) is 18.4. The maximum absolute atomic E-state index is 12.0. The molecular weight excluding hydrogens is 346 g/mol. The Hall–Kier alpha value is -2.60. The summed E-state index contributed by atoms with van der Waals surface area (Å²) in [6, 6.07) is 18.0. The number of carbonyl (C=O) groups excluding carboxylic acids is 1. The van der Waals surface area contributed by atoms with Crippen LogP contribution in [0.5, 0.6) is 0 Å². The third-order valence-corrected chi connectivity index (χ3v) is 4.59. The summed E-state index contributed by atoms with van der Waals surface area (Å²) in [5.74, 6) is 0.297. The van der Waals surface area contributed by atoms with E-state index < -0.39 is 0 Å². The molecule has 1 amide bonds. The Morgan fingerprint density at radius 3 is 2.46 bits per heavy atom. The Morgan fingerprint density at radius 2 is 1.77 bits per heavy atom. The molecule has 6 heteroatoms. The highest BCUT2D eigenvalue weighted by atomic mass is 32.2. The number of hydrogen-bond donors (Lipinski definition) is 1. The monoisotopic (exact) mass is 367 g/mol. The second kappa shape index (κ2) is 8.67. The number of thioether (sulfide) groups is 1. The second-order valence-corrected chi connectivity index (χ2v) is 7.85. The van der Waals surface area contributed by atoms with Crippen molar-refractivity contribution in [3.05, 3.63) is 71.6 Å². The molecule has 0 saturated carbocycles. The van der Waals surface area contributed by atoms with E-state index in [-0.39, 0.29) is 18.3 Å². The van der Waals surface area contributed by atoms with Gasteiger partial charge < -0.3 is 4.42 Å². The number of rotatable bonds is 7. The van der Waals surface area contributed by atoms with Crippen molar-refractivity contribution in [2.75, 3.05) is 5.32 Å². The van der Waals surface area contributed by atoms with Crippen LogP contribution in [0.4, 0.5) is 6.01 Å². The molecule has 2 aromatic carbocycles. The zero-order valence-corrected chi connectivity index (χ0v) is 15.6. The minimum absolute atomic E-state index is 0.132. The normalized spacial score (nSPS) is 10.9. The summed E-state index contributed by atoms with van der Waals surface area (Å²) in [4.78, 5) is 13.3. The molecule has 134 valence electrons. The van der Waals surface area contributed by atoms with Gasteiger partial charge in [-0.3, -0.25) is 10.1 Å². The van der Waals surface area contributed by atoms with Crippen LogP contribution in [0.3, 0.4) is 0 Å². The number of carbonyl (C=O) groups is 1. The lowest BCUT2D eigenvalue weighted by Crippen LogP contribution is -2.14. The summed E-state index contributed by atoms with van der Waals surface area (Å²) in [6.07, 6.45) is 0.807. The molecule has 0 bridgehead atoms. The molecule has 0 radical (unpaired) electrons. The van der Waals surface area contributed by atoms with Crippen LogP contribution in [0.2, 0.25) is 0 Å². The fourth-order valence-corrected chi connectivity index (χ4v) is 3.29. The number of benzene rings is 2. The summed E-state index contributed by atoms with van der Waals surface area (Å²) >= 11 is 1.83. The Morgan fingerprint density at radius 1 is 1.04 bits per heavy atom. The van der Waals surface area contributed by atoms with E-state index in [9.17, 15) is 4.79 Å². The number of aromatic nitrogens is 2. The molecule has 0 saturated heterocycles. The van der Waals surface area contributed by atoms with E-state index >= 15 is 0 Å². The topological polar surface area (TPSA) is 68.0 Å².